The predicted molar refractivity (Wildman–Crippen MR) is 76.1 cm³/mol. The Hall–Kier alpha value is -1.04. The first-order valence-corrected chi connectivity index (χ1v) is 7.07. The van der Waals surface area contributed by atoms with E-state index >= 15 is 0 Å². The van der Waals surface area contributed by atoms with Crippen molar-refractivity contribution in [2.45, 2.75) is 51.7 Å². The first-order chi connectivity index (χ1) is 9.54. The highest BCUT2D eigenvalue weighted by molar-refractivity contribution is 5.21. The first-order valence-electron chi connectivity index (χ1n) is 7.07. The molecule has 1 aromatic rings. The van der Waals surface area contributed by atoms with Crippen molar-refractivity contribution in [3.8, 4) is 0 Å². The zero-order valence-electron chi connectivity index (χ0n) is 12.4. The zero-order chi connectivity index (χ0) is 15.2. The molecule has 1 aromatic carbocycles. The lowest BCUT2D eigenvalue weighted by atomic mass is 9.84. The fraction of sp³-hybridized carbons (Fsp3) is 0.600. The molecular weight excluding hydrogens is 262 g/mol. The highest BCUT2D eigenvalue weighted by Crippen LogP contribution is 2.28. The normalized spacial score (nSPS) is 13.5. The number of benzene rings is 1. The van der Waals surface area contributed by atoms with E-state index in [-0.39, 0.29) is 12.5 Å². The van der Waals surface area contributed by atoms with Gasteiger partial charge in [-0.25, -0.2) is 8.78 Å². The Kier molecular flexibility index (Phi) is 6.52. The molecule has 5 heteroatoms. The summed E-state index contributed by atoms with van der Waals surface area (Å²) in [5.74, 6) is 3.98. The number of hydrogen-bond acceptors (Lipinski definition) is 3. The summed E-state index contributed by atoms with van der Waals surface area (Å²) in [5, 5.41) is 0. The number of hydrogen-bond donors (Lipinski definition) is 2. The van der Waals surface area contributed by atoms with Gasteiger partial charge in [0.15, 0.2) is 11.6 Å². The van der Waals surface area contributed by atoms with Crippen LogP contribution in [0, 0.1) is 11.6 Å². The van der Waals surface area contributed by atoms with Gasteiger partial charge in [0.1, 0.15) is 0 Å². The Balaban J connectivity index is 3.03. The molecule has 0 saturated carbocycles. The minimum atomic E-state index is -0.840. The van der Waals surface area contributed by atoms with E-state index in [1.54, 1.807) is 6.07 Å². The molecule has 0 aliphatic carbocycles. The molecule has 0 amide bonds. The maximum atomic E-state index is 13.8. The molecule has 0 aliphatic heterocycles. The maximum absolute atomic E-state index is 13.8. The van der Waals surface area contributed by atoms with E-state index in [4.69, 9.17) is 10.6 Å². The third kappa shape index (κ3) is 3.53. The van der Waals surface area contributed by atoms with Gasteiger partial charge in [-0.2, -0.15) is 0 Å². The first kappa shape index (κ1) is 17.0. The molecule has 114 valence electrons. The second kappa shape index (κ2) is 7.67. The Morgan fingerprint density at radius 3 is 2.40 bits per heavy atom. The van der Waals surface area contributed by atoms with Crippen LogP contribution in [-0.4, -0.2) is 18.2 Å². The van der Waals surface area contributed by atoms with Crippen molar-refractivity contribution >= 4 is 0 Å². The van der Waals surface area contributed by atoms with Gasteiger partial charge in [-0.15, -0.1) is 0 Å². The van der Waals surface area contributed by atoms with Crippen molar-refractivity contribution in [1.82, 2.24) is 5.43 Å². The molecule has 1 atom stereocenters. The van der Waals surface area contributed by atoms with Crippen LogP contribution in [0.2, 0.25) is 0 Å². The van der Waals surface area contributed by atoms with Crippen LogP contribution in [0.1, 0.15) is 39.2 Å². The van der Waals surface area contributed by atoms with Crippen LogP contribution in [0.5, 0.6) is 0 Å². The SMILES string of the molecule is CCOC(CC)(CC)C(Cc1cccc(F)c1F)NN. The third-order valence-electron chi connectivity index (χ3n) is 3.92. The van der Waals surface area contributed by atoms with E-state index in [1.807, 2.05) is 20.8 Å². The van der Waals surface area contributed by atoms with Gasteiger partial charge in [-0.1, -0.05) is 26.0 Å². The summed E-state index contributed by atoms with van der Waals surface area (Å²) in [4.78, 5) is 0. The molecule has 0 bridgehead atoms. The summed E-state index contributed by atoms with van der Waals surface area (Å²) in [7, 11) is 0. The largest absolute Gasteiger partial charge is 0.374 e. The fourth-order valence-corrected chi connectivity index (χ4v) is 2.66. The average Bonchev–Trinajstić information content (AvgIpc) is 2.47. The fourth-order valence-electron chi connectivity index (χ4n) is 2.66. The van der Waals surface area contributed by atoms with Crippen LogP contribution < -0.4 is 11.3 Å². The van der Waals surface area contributed by atoms with Crippen LogP contribution in [0.25, 0.3) is 0 Å². The Labute approximate surface area is 119 Å². The minimum Gasteiger partial charge on any atom is -0.374 e. The molecule has 3 N–H and O–H groups in total. The highest BCUT2D eigenvalue weighted by Gasteiger charge is 2.36. The van der Waals surface area contributed by atoms with Crippen LogP contribution in [0.15, 0.2) is 18.2 Å². The van der Waals surface area contributed by atoms with Gasteiger partial charge in [0, 0.05) is 6.61 Å². The van der Waals surface area contributed by atoms with E-state index < -0.39 is 17.2 Å². The van der Waals surface area contributed by atoms with Crippen molar-refractivity contribution in [2.24, 2.45) is 5.84 Å². The number of rotatable bonds is 8. The van der Waals surface area contributed by atoms with Crippen molar-refractivity contribution in [3.05, 3.63) is 35.4 Å². The van der Waals surface area contributed by atoms with E-state index in [0.29, 0.717) is 12.2 Å². The van der Waals surface area contributed by atoms with Crippen LogP contribution in [-0.2, 0) is 11.2 Å². The molecule has 0 radical (unpaired) electrons. The van der Waals surface area contributed by atoms with Crippen molar-refractivity contribution in [2.75, 3.05) is 6.61 Å². The van der Waals surface area contributed by atoms with Gasteiger partial charge in [-0.05, 0) is 37.8 Å². The number of nitrogens with two attached hydrogens (primary N) is 1. The molecule has 1 unspecified atom stereocenters. The van der Waals surface area contributed by atoms with Gasteiger partial charge in [0.25, 0.3) is 0 Å². The van der Waals surface area contributed by atoms with Crippen molar-refractivity contribution < 1.29 is 13.5 Å². The van der Waals surface area contributed by atoms with Gasteiger partial charge in [0.05, 0.1) is 11.6 Å². The number of ether oxygens (including phenoxy) is 1. The van der Waals surface area contributed by atoms with E-state index in [2.05, 4.69) is 5.43 Å². The third-order valence-corrected chi connectivity index (χ3v) is 3.92. The highest BCUT2D eigenvalue weighted by atomic mass is 19.2. The molecule has 3 nitrogen and oxygen atoms in total. The Morgan fingerprint density at radius 2 is 1.90 bits per heavy atom. The second-order valence-electron chi connectivity index (χ2n) is 4.84. The molecular formula is C15H24F2N2O. The standard InChI is InChI=1S/C15H24F2N2O/c1-4-15(5-2,20-6-3)13(19-18)10-11-8-7-9-12(16)14(11)17/h7-9,13,19H,4-6,10,18H2,1-3H3. The molecule has 0 spiro atoms. The lowest BCUT2D eigenvalue weighted by Gasteiger charge is -2.39. The van der Waals surface area contributed by atoms with E-state index in [1.165, 1.54) is 6.07 Å². The molecule has 0 fully saturated rings. The average molecular weight is 286 g/mol. The second-order valence-corrected chi connectivity index (χ2v) is 4.84. The monoisotopic (exact) mass is 286 g/mol. The maximum Gasteiger partial charge on any atom is 0.162 e. The molecule has 0 saturated heterocycles. The molecule has 0 aromatic heterocycles. The lowest BCUT2D eigenvalue weighted by Crippen LogP contribution is -2.55. The summed E-state index contributed by atoms with van der Waals surface area (Å²) in [6, 6.07) is 3.90. The van der Waals surface area contributed by atoms with Gasteiger partial charge in [0.2, 0.25) is 0 Å². The summed E-state index contributed by atoms with van der Waals surface area (Å²) in [5.41, 5.74) is 2.53. The minimum absolute atomic E-state index is 0.280. The number of halogens is 2. The smallest absolute Gasteiger partial charge is 0.162 e. The summed E-state index contributed by atoms with van der Waals surface area (Å²) >= 11 is 0. The van der Waals surface area contributed by atoms with Gasteiger partial charge >= 0.3 is 0 Å². The summed E-state index contributed by atoms with van der Waals surface area (Å²) < 4.78 is 32.9. The lowest BCUT2D eigenvalue weighted by molar-refractivity contribution is -0.0721. The molecule has 0 heterocycles. The van der Waals surface area contributed by atoms with E-state index in [9.17, 15) is 8.78 Å². The summed E-state index contributed by atoms with van der Waals surface area (Å²) in [6.07, 6.45) is 1.76. The molecule has 20 heavy (non-hydrogen) atoms. The van der Waals surface area contributed by atoms with Crippen molar-refractivity contribution in [3.63, 3.8) is 0 Å². The van der Waals surface area contributed by atoms with Gasteiger partial charge in [-0.3, -0.25) is 11.3 Å². The van der Waals surface area contributed by atoms with Gasteiger partial charge < -0.3 is 4.74 Å². The number of nitrogens with one attached hydrogen (secondary N) is 1. The summed E-state index contributed by atoms with van der Waals surface area (Å²) in [6.45, 7) is 6.47. The van der Waals surface area contributed by atoms with E-state index in [0.717, 1.165) is 18.9 Å². The van der Waals surface area contributed by atoms with Crippen LogP contribution in [0.3, 0.4) is 0 Å². The topological polar surface area (TPSA) is 47.3 Å². The van der Waals surface area contributed by atoms with Crippen LogP contribution >= 0.6 is 0 Å². The molecule has 0 aliphatic rings. The number of hydrazine groups is 1. The van der Waals surface area contributed by atoms with Crippen LogP contribution in [0.4, 0.5) is 8.78 Å². The zero-order valence-corrected chi connectivity index (χ0v) is 12.4. The molecule has 1 rings (SSSR count). The quantitative estimate of drug-likeness (QED) is 0.570. The Bertz CT molecular complexity index is 422. The Morgan fingerprint density at radius 1 is 1.25 bits per heavy atom. The predicted octanol–water partition coefficient (Wildman–Crippen LogP) is 2.93. The van der Waals surface area contributed by atoms with Crippen molar-refractivity contribution in [1.29, 1.82) is 0 Å².